The highest BCUT2D eigenvalue weighted by Gasteiger charge is 2.21. The van der Waals surface area contributed by atoms with Gasteiger partial charge in [-0.25, -0.2) is 30.6 Å². The Kier molecular flexibility index (Phi) is 13.6. The van der Waals surface area contributed by atoms with Crippen molar-refractivity contribution in [2.75, 3.05) is 0 Å². The van der Waals surface area contributed by atoms with Gasteiger partial charge in [0.05, 0.1) is 0 Å². The third-order valence-electron chi connectivity index (χ3n) is 4.50. The van der Waals surface area contributed by atoms with E-state index in [1.807, 2.05) is 0 Å². The molecule has 0 fully saturated rings. The minimum Gasteiger partial charge on any atom is -0.222 e. The van der Waals surface area contributed by atoms with Crippen LogP contribution in [0.1, 0.15) is 39.3 Å². The Morgan fingerprint density at radius 1 is 0.516 bits per heavy atom. The van der Waals surface area contributed by atoms with Crippen LogP contribution in [-0.4, -0.2) is 18.2 Å². The van der Waals surface area contributed by atoms with Crippen LogP contribution < -0.4 is 0 Å². The first-order valence-electron chi connectivity index (χ1n) is 9.21. The fourth-order valence-corrected chi connectivity index (χ4v) is 3.23. The molecule has 0 radical (unpaired) electrons. The normalized spacial score (nSPS) is 8.52. The molecule has 0 unspecified atom stereocenters. The van der Waals surface area contributed by atoms with Crippen LogP contribution in [0.25, 0.3) is 0 Å². The Hall–Kier alpha value is -4.20. The van der Waals surface area contributed by atoms with Gasteiger partial charge in [-0.2, -0.15) is 0 Å². The van der Waals surface area contributed by atoms with Crippen molar-refractivity contribution in [2.24, 2.45) is 0 Å². The zero-order chi connectivity index (χ0) is 23.6. The minimum atomic E-state index is 0.295. The van der Waals surface area contributed by atoms with E-state index in [1.165, 1.54) is 33.4 Å². The van der Waals surface area contributed by atoms with Crippen LogP contribution in [0.3, 0.4) is 0 Å². The van der Waals surface area contributed by atoms with E-state index in [0.29, 0.717) is 5.92 Å². The van der Waals surface area contributed by atoms with Gasteiger partial charge in [-0.1, -0.05) is 72.8 Å². The van der Waals surface area contributed by atoms with E-state index in [2.05, 4.69) is 93.6 Å². The number of carbonyl (C=O) groups excluding carboxylic acids is 3. The van der Waals surface area contributed by atoms with Gasteiger partial charge in [-0.3, -0.25) is 0 Å². The van der Waals surface area contributed by atoms with Gasteiger partial charge in [0, 0.05) is 5.92 Å². The van der Waals surface area contributed by atoms with Crippen LogP contribution in [0.4, 0.5) is 0 Å². The van der Waals surface area contributed by atoms with Crippen LogP contribution in [-0.2, 0) is 14.4 Å². The highest BCUT2D eigenvalue weighted by atomic mass is 16.1. The molecule has 0 aromatic heterocycles. The van der Waals surface area contributed by atoms with Gasteiger partial charge in [-0.15, -0.1) is 0 Å². The van der Waals surface area contributed by atoms with Crippen molar-refractivity contribution in [3.63, 3.8) is 0 Å². The van der Waals surface area contributed by atoms with Crippen molar-refractivity contribution in [1.82, 2.24) is 0 Å². The second kappa shape index (κ2) is 15.7. The molecule has 0 bridgehead atoms. The Morgan fingerprint density at radius 2 is 0.710 bits per heavy atom. The second-order valence-corrected chi connectivity index (χ2v) is 6.31. The third-order valence-corrected chi connectivity index (χ3v) is 4.50. The van der Waals surface area contributed by atoms with Crippen molar-refractivity contribution >= 4 is 18.2 Å². The molecule has 0 amide bonds. The summed E-state index contributed by atoms with van der Waals surface area (Å²) in [5.41, 5.74) is 8.22. The standard InChI is InChI=1S/C22H22.3CHNO/c1-16-10-4-7-13-19(16)22(20-14-8-5-11-17(20)2)21-15-9-6-12-18(21)3;3*2-1-3/h4-15,22H,1-3H3;3*2H. The lowest BCUT2D eigenvalue weighted by atomic mass is 9.80. The molecule has 3 aromatic carbocycles. The van der Waals surface area contributed by atoms with Gasteiger partial charge in [0.25, 0.3) is 0 Å². The molecule has 0 spiro atoms. The lowest BCUT2D eigenvalue weighted by Gasteiger charge is -2.24. The average molecular weight is 415 g/mol. The summed E-state index contributed by atoms with van der Waals surface area (Å²) in [6.45, 7) is 6.62. The number of nitrogens with one attached hydrogen (secondary N) is 3. The summed E-state index contributed by atoms with van der Waals surface area (Å²) < 4.78 is 0. The van der Waals surface area contributed by atoms with Gasteiger partial charge in [-0.05, 0) is 54.2 Å². The maximum absolute atomic E-state index is 8.35. The number of benzene rings is 3. The number of hydrogen-bond donors (Lipinski definition) is 3. The van der Waals surface area contributed by atoms with Crippen LogP contribution in [0.15, 0.2) is 72.8 Å². The number of hydrogen-bond acceptors (Lipinski definition) is 6. The quantitative estimate of drug-likeness (QED) is 0.297. The summed E-state index contributed by atoms with van der Waals surface area (Å²) >= 11 is 0. The number of isocyanates is 3. The highest BCUT2D eigenvalue weighted by Crippen LogP contribution is 2.36. The van der Waals surface area contributed by atoms with E-state index in [4.69, 9.17) is 30.6 Å². The molecule has 0 aliphatic rings. The zero-order valence-electron chi connectivity index (χ0n) is 17.7. The molecule has 0 heterocycles. The van der Waals surface area contributed by atoms with Crippen molar-refractivity contribution < 1.29 is 14.4 Å². The van der Waals surface area contributed by atoms with E-state index >= 15 is 0 Å². The smallest absolute Gasteiger partial charge is 0.222 e. The molecule has 0 atom stereocenters. The van der Waals surface area contributed by atoms with Gasteiger partial charge in [0.2, 0.25) is 18.2 Å². The van der Waals surface area contributed by atoms with E-state index in [0.717, 1.165) is 18.2 Å². The molecule has 6 heteroatoms. The van der Waals surface area contributed by atoms with Gasteiger partial charge in [0.15, 0.2) is 0 Å². The fraction of sp³-hybridized carbons (Fsp3) is 0.160. The first-order valence-corrected chi connectivity index (χ1v) is 9.21. The minimum absolute atomic E-state index is 0.295. The van der Waals surface area contributed by atoms with Gasteiger partial charge in [0.1, 0.15) is 0 Å². The monoisotopic (exact) mass is 415 g/mol. The molecule has 0 saturated carbocycles. The van der Waals surface area contributed by atoms with Crippen LogP contribution in [0, 0.1) is 37.0 Å². The first kappa shape index (κ1) is 26.8. The van der Waals surface area contributed by atoms with Crippen LogP contribution in [0.2, 0.25) is 0 Å². The van der Waals surface area contributed by atoms with Gasteiger partial charge >= 0.3 is 0 Å². The molecule has 3 rings (SSSR count). The Labute approximate surface area is 182 Å². The summed E-state index contributed by atoms with van der Waals surface area (Å²) in [7, 11) is 0. The molecule has 3 N–H and O–H groups in total. The largest absolute Gasteiger partial charge is 0.231 e. The molecule has 0 saturated heterocycles. The molecule has 6 nitrogen and oxygen atoms in total. The molecular weight excluding hydrogens is 390 g/mol. The van der Waals surface area contributed by atoms with Crippen molar-refractivity contribution in [3.8, 4) is 0 Å². The maximum Gasteiger partial charge on any atom is 0.231 e. The summed E-state index contributed by atoms with van der Waals surface area (Å²) in [5, 5.41) is 16.2. The molecule has 3 aromatic rings. The predicted molar refractivity (Wildman–Crippen MR) is 120 cm³/mol. The third kappa shape index (κ3) is 8.78. The van der Waals surface area contributed by atoms with Crippen molar-refractivity contribution in [2.45, 2.75) is 26.7 Å². The van der Waals surface area contributed by atoms with Crippen LogP contribution in [0.5, 0.6) is 0 Å². The van der Waals surface area contributed by atoms with E-state index < -0.39 is 0 Å². The van der Waals surface area contributed by atoms with Gasteiger partial charge < -0.3 is 0 Å². The predicted octanol–water partition coefficient (Wildman–Crippen LogP) is 5.49. The second-order valence-electron chi connectivity index (χ2n) is 6.31. The number of aryl methyl sites for hydroxylation is 3. The highest BCUT2D eigenvalue weighted by molar-refractivity contribution is 5.50. The van der Waals surface area contributed by atoms with E-state index in [1.54, 1.807) is 0 Å². The zero-order valence-corrected chi connectivity index (χ0v) is 17.7. The van der Waals surface area contributed by atoms with E-state index in [-0.39, 0.29) is 0 Å². The molecular formula is C25H25N3O3. The SMILES string of the molecule is Cc1ccccc1C(c1ccccc1C)c1ccccc1C.N=C=O.N=C=O.N=C=O. The van der Waals surface area contributed by atoms with Crippen molar-refractivity contribution in [3.05, 3.63) is 106 Å². The lowest BCUT2D eigenvalue weighted by Crippen LogP contribution is -2.08. The topological polar surface area (TPSA) is 123 Å². The summed E-state index contributed by atoms with van der Waals surface area (Å²) in [6.07, 6.45) is 2.25. The summed E-state index contributed by atoms with van der Waals surface area (Å²) in [4.78, 5) is 25.0. The maximum atomic E-state index is 8.35. The summed E-state index contributed by atoms with van der Waals surface area (Å²) in [6, 6.07) is 26.2. The molecule has 158 valence electrons. The fourth-order valence-electron chi connectivity index (χ4n) is 3.23. The van der Waals surface area contributed by atoms with Crippen LogP contribution >= 0.6 is 0 Å². The Balaban J connectivity index is 0.000000864. The molecule has 0 aliphatic heterocycles. The first-order chi connectivity index (χ1) is 14.9. The Bertz CT molecular complexity index is 922. The average Bonchev–Trinajstić information content (AvgIpc) is 2.74. The summed E-state index contributed by atoms with van der Waals surface area (Å²) in [5.74, 6) is 0.295. The molecule has 31 heavy (non-hydrogen) atoms. The molecule has 0 aliphatic carbocycles. The van der Waals surface area contributed by atoms with E-state index in [9.17, 15) is 0 Å². The lowest BCUT2D eigenvalue weighted by molar-refractivity contribution is 0.562. The number of rotatable bonds is 3. The van der Waals surface area contributed by atoms with Crippen molar-refractivity contribution in [1.29, 1.82) is 16.2 Å². The Morgan fingerprint density at radius 3 is 0.903 bits per heavy atom.